The monoisotopic (exact) mass is 454 g/mol. The van der Waals surface area contributed by atoms with Crippen molar-refractivity contribution >= 4 is 0 Å². The second-order valence-corrected chi connectivity index (χ2v) is 8.28. The lowest BCUT2D eigenvalue weighted by molar-refractivity contribution is 0.414. The van der Waals surface area contributed by atoms with Crippen LogP contribution >= 0.6 is 0 Å². The molecule has 0 aliphatic carbocycles. The smallest absolute Gasteiger partial charge is 0.131 e. The van der Waals surface area contributed by atoms with Crippen molar-refractivity contribution in [2.45, 2.75) is 25.7 Å². The first-order chi connectivity index (χ1) is 16.6. The minimum atomic E-state index is 0.206. The fourth-order valence-electron chi connectivity index (χ4n) is 3.91. The Labute approximate surface area is 201 Å². The van der Waals surface area contributed by atoms with Gasteiger partial charge < -0.3 is 19.3 Å². The van der Waals surface area contributed by atoms with E-state index in [9.17, 15) is 5.11 Å². The molecule has 4 aromatic carbocycles. The molecule has 174 valence electrons. The summed E-state index contributed by atoms with van der Waals surface area (Å²) in [7, 11) is 3.34. The van der Waals surface area contributed by atoms with Gasteiger partial charge in [-0.3, -0.25) is 0 Å². The van der Waals surface area contributed by atoms with E-state index in [2.05, 4.69) is 36.4 Å². The Hall–Kier alpha value is -3.92. The molecule has 0 amide bonds. The summed E-state index contributed by atoms with van der Waals surface area (Å²) >= 11 is 0. The lowest BCUT2D eigenvalue weighted by Crippen LogP contribution is -1.94. The van der Waals surface area contributed by atoms with Gasteiger partial charge in [-0.2, -0.15) is 0 Å². The fraction of sp³-hybridized carbons (Fsp3) is 0.200. The number of aryl methyl sites for hydroxylation is 4. The van der Waals surface area contributed by atoms with Crippen molar-refractivity contribution in [3.8, 4) is 28.7 Å². The van der Waals surface area contributed by atoms with Gasteiger partial charge in [-0.1, -0.05) is 36.4 Å². The Morgan fingerprint density at radius 3 is 1.62 bits per heavy atom. The number of ether oxygens (including phenoxy) is 3. The van der Waals surface area contributed by atoms with Crippen molar-refractivity contribution in [2.24, 2.45) is 0 Å². The number of hydrogen-bond donors (Lipinski definition) is 1. The average molecular weight is 455 g/mol. The fourth-order valence-corrected chi connectivity index (χ4v) is 3.91. The van der Waals surface area contributed by atoms with Crippen molar-refractivity contribution in [2.75, 3.05) is 14.2 Å². The highest BCUT2D eigenvalue weighted by atomic mass is 16.5. The van der Waals surface area contributed by atoms with E-state index in [-0.39, 0.29) is 5.75 Å². The van der Waals surface area contributed by atoms with Gasteiger partial charge in [0.15, 0.2) is 0 Å². The number of methoxy groups -OCH3 is 2. The molecule has 0 saturated carbocycles. The summed E-state index contributed by atoms with van der Waals surface area (Å²) in [6.07, 6.45) is 3.53. The van der Waals surface area contributed by atoms with Gasteiger partial charge in [0.2, 0.25) is 0 Å². The predicted octanol–water partition coefficient (Wildman–Crippen LogP) is 6.77. The number of phenolic OH excluding ortho intramolecular Hbond substituents is 1. The third kappa shape index (κ3) is 6.55. The molecular weight excluding hydrogens is 424 g/mol. The van der Waals surface area contributed by atoms with Crippen molar-refractivity contribution in [1.82, 2.24) is 0 Å². The normalized spacial score (nSPS) is 10.6. The quantitative estimate of drug-likeness (QED) is 0.287. The van der Waals surface area contributed by atoms with E-state index >= 15 is 0 Å². The highest BCUT2D eigenvalue weighted by Gasteiger charge is 2.06. The zero-order valence-electron chi connectivity index (χ0n) is 19.7. The Morgan fingerprint density at radius 1 is 0.500 bits per heavy atom. The molecule has 4 nitrogen and oxygen atoms in total. The van der Waals surface area contributed by atoms with Gasteiger partial charge in [0.05, 0.1) is 14.2 Å². The van der Waals surface area contributed by atoms with E-state index in [1.807, 2.05) is 42.5 Å². The number of phenols is 1. The molecule has 4 heteroatoms. The molecule has 0 atom stereocenters. The van der Waals surface area contributed by atoms with E-state index in [0.717, 1.165) is 48.5 Å². The van der Waals surface area contributed by atoms with E-state index < -0.39 is 0 Å². The largest absolute Gasteiger partial charge is 0.508 e. The van der Waals surface area contributed by atoms with Crippen LogP contribution in [0.25, 0.3) is 0 Å². The van der Waals surface area contributed by atoms with E-state index in [4.69, 9.17) is 14.2 Å². The van der Waals surface area contributed by atoms with Crippen LogP contribution in [0.15, 0.2) is 91.0 Å². The third-order valence-electron chi connectivity index (χ3n) is 5.81. The topological polar surface area (TPSA) is 47.9 Å². The Morgan fingerprint density at radius 2 is 1.03 bits per heavy atom. The minimum absolute atomic E-state index is 0.206. The molecule has 4 aromatic rings. The Kier molecular flexibility index (Phi) is 7.71. The first kappa shape index (κ1) is 23.2. The van der Waals surface area contributed by atoms with Gasteiger partial charge in [0.25, 0.3) is 0 Å². The summed E-state index contributed by atoms with van der Waals surface area (Å²) in [6.45, 7) is 0. The van der Waals surface area contributed by atoms with Gasteiger partial charge in [0, 0.05) is 6.07 Å². The van der Waals surface area contributed by atoms with Gasteiger partial charge in [-0.25, -0.2) is 0 Å². The zero-order chi connectivity index (χ0) is 23.8. The van der Waals surface area contributed by atoms with Crippen LogP contribution in [0.3, 0.4) is 0 Å². The van der Waals surface area contributed by atoms with E-state index in [1.165, 1.54) is 16.7 Å². The Bertz CT molecular complexity index is 1200. The summed E-state index contributed by atoms with van der Waals surface area (Å²) < 4.78 is 16.6. The Balaban J connectivity index is 1.38. The third-order valence-corrected chi connectivity index (χ3v) is 5.81. The molecule has 0 bridgehead atoms. The van der Waals surface area contributed by atoms with Crippen LogP contribution in [0.1, 0.15) is 22.3 Å². The van der Waals surface area contributed by atoms with Crippen LogP contribution in [0.2, 0.25) is 0 Å². The molecule has 0 aliphatic rings. The molecule has 1 N–H and O–H groups in total. The van der Waals surface area contributed by atoms with Crippen LogP contribution in [0.5, 0.6) is 28.7 Å². The maximum absolute atomic E-state index is 10.2. The standard InChI is InChI=1S/C30H30O4/c1-32-27-14-10-22(11-15-27)6-8-24-4-3-5-29(19-24)34-30-20-25(18-26(31)21-30)9-7-23-12-16-28(33-2)17-13-23/h3-5,10-21,31H,6-9H2,1-2H3. The summed E-state index contributed by atoms with van der Waals surface area (Å²) in [5.74, 6) is 3.32. The van der Waals surface area contributed by atoms with Gasteiger partial charge >= 0.3 is 0 Å². The molecule has 0 aliphatic heterocycles. The minimum Gasteiger partial charge on any atom is -0.508 e. The van der Waals surface area contributed by atoms with Crippen molar-refractivity contribution < 1.29 is 19.3 Å². The van der Waals surface area contributed by atoms with Crippen molar-refractivity contribution in [3.63, 3.8) is 0 Å². The second kappa shape index (κ2) is 11.3. The van der Waals surface area contributed by atoms with Crippen molar-refractivity contribution in [1.29, 1.82) is 0 Å². The second-order valence-electron chi connectivity index (χ2n) is 8.28. The summed E-state index contributed by atoms with van der Waals surface area (Å²) in [5.41, 5.74) is 4.72. The number of hydrogen-bond acceptors (Lipinski definition) is 4. The molecule has 4 rings (SSSR count). The predicted molar refractivity (Wildman–Crippen MR) is 135 cm³/mol. The summed E-state index contributed by atoms with van der Waals surface area (Å²) in [6, 6.07) is 29.8. The SMILES string of the molecule is COc1ccc(CCc2cccc(Oc3cc(O)cc(CCc4ccc(OC)cc4)c3)c2)cc1. The first-order valence-corrected chi connectivity index (χ1v) is 11.5. The van der Waals surface area contributed by atoms with Crippen LogP contribution in [-0.2, 0) is 25.7 Å². The lowest BCUT2D eigenvalue weighted by Gasteiger charge is -2.11. The maximum Gasteiger partial charge on any atom is 0.131 e. The molecule has 34 heavy (non-hydrogen) atoms. The number of benzene rings is 4. The first-order valence-electron chi connectivity index (χ1n) is 11.5. The van der Waals surface area contributed by atoms with E-state index in [0.29, 0.717) is 5.75 Å². The van der Waals surface area contributed by atoms with Crippen LogP contribution in [0, 0.1) is 0 Å². The van der Waals surface area contributed by atoms with Crippen molar-refractivity contribution in [3.05, 3.63) is 113 Å². The van der Waals surface area contributed by atoms with Gasteiger partial charge in [-0.05, 0) is 96.5 Å². The molecule has 0 aromatic heterocycles. The molecule has 0 unspecified atom stereocenters. The zero-order valence-corrected chi connectivity index (χ0v) is 19.7. The number of rotatable bonds is 10. The van der Waals surface area contributed by atoms with Crippen LogP contribution in [-0.4, -0.2) is 19.3 Å². The molecular formula is C30H30O4. The maximum atomic E-state index is 10.2. The molecule has 0 radical (unpaired) electrons. The highest BCUT2D eigenvalue weighted by Crippen LogP contribution is 2.28. The summed E-state index contributed by atoms with van der Waals surface area (Å²) in [5, 5.41) is 10.2. The van der Waals surface area contributed by atoms with Crippen LogP contribution in [0.4, 0.5) is 0 Å². The average Bonchev–Trinajstić information content (AvgIpc) is 2.87. The van der Waals surface area contributed by atoms with Gasteiger partial charge in [0.1, 0.15) is 28.7 Å². The summed E-state index contributed by atoms with van der Waals surface area (Å²) in [4.78, 5) is 0. The molecule has 0 heterocycles. The molecule has 0 fully saturated rings. The highest BCUT2D eigenvalue weighted by molar-refractivity contribution is 5.41. The van der Waals surface area contributed by atoms with E-state index in [1.54, 1.807) is 26.4 Å². The van der Waals surface area contributed by atoms with Gasteiger partial charge in [-0.15, -0.1) is 0 Å². The van der Waals surface area contributed by atoms with Crippen LogP contribution < -0.4 is 14.2 Å². The number of aromatic hydroxyl groups is 1. The lowest BCUT2D eigenvalue weighted by atomic mass is 10.0. The molecule has 0 saturated heterocycles. The molecule has 0 spiro atoms.